The third-order valence-electron chi connectivity index (χ3n) is 4.54. The smallest absolute Gasteiger partial charge is 0.303 e. The van der Waals surface area contributed by atoms with Crippen LogP contribution in [0.15, 0.2) is 0 Å². The van der Waals surface area contributed by atoms with Gasteiger partial charge in [0.25, 0.3) is 0 Å². The Morgan fingerprint density at radius 3 is 2.35 bits per heavy atom. The quantitative estimate of drug-likeness (QED) is 0.634. The van der Waals surface area contributed by atoms with Gasteiger partial charge in [0.1, 0.15) is 0 Å². The topological polar surface area (TPSA) is 92.4 Å². The Balaban J connectivity index is 2.35. The van der Waals surface area contributed by atoms with E-state index in [1.165, 1.54) is 0 Å². The van der Waals surface area contributed by atoms with Gasteiger partial charge in [-0.25, -0.2) is 0 Å². The lowest BCUT2D eigenvalue weighted by atomic mass is 9.83. The summed E-state index contributed by atoms with van der Waals surface area (Å²) < 4.78 is 0. The number of carbonyl (C=O) groups is 2. The molecule has 1 fully saturated rings. The molecule has 0 aromatic heterocycles. The van der Waals surface area contributed by atoms with Gasteiger partial charge in [-0.3, -0.25) is 9.59 Å². The predicted octanol–water partition coefficient (Wildman–Crippen LogP) is 1.90. The van der Waals surface area contributed by atoms with Crippen LogP contribution in [0.4, 0.5) is 0 Å². The Labute approximate surface area is 121 Å². The molecule has 0 bridgehead atoms. The summed E-state index contributed by atoms with van der Waals surface area (Å²) in [5, 5.41) is 11.7. The molecule has 20 heavy (non-hydrogen) atoms. The van der Waals surface area contributed by atoms with E-state index in [9.17, 15) is 9.59 Å². The van der Waals surface area contributed by atoms with Crippen LogP contribution in [0.2, 0.25) is 0 Å². The average Bonchev–Trinajstić information content (AvgIpc) is 2.86. The molecule has 0 radical (unpaired) electrons. The maximum Gasteiger partial charge on any atom is 0.303 e. The van der Waals surface area contributed by atoms with E-state index in [1.54, 1.807) is 0 Å². The molecular weight excluding hydrogens is 256 g/mol. The number of carbonyl (C=O) groups excluding carboxylic acids is 1. The van der Waals surface area contributed by atoms with E-state index in [4.69, 9.17) is 10.8 Å². The summed E-state index contributed by atoms with van der Waals surface area (Å²) >= 11 is 0. The van der Waals surface area contributed by atoms with Crippen LogP contribution < -0.4 is 11.1 Å². The summed E-state index contributed by atoms with van der Waals surface area (Å²) in [6, 6.07) is 0. The van der Waals surface area contributed by atoms with Crippen LogP contribution in [0.25, 0.3) is 0 Å². The number of hydrogen-bond donors (Lipinski definition) is 3. The van der Waals surface area contributed by atoms with Crippen LogP contribution in [0, 0.1) is 10.8 Å². The lowest BCUT2D eigenvalue weighted by Gasteiger charge is -2.28. The van der Waals surface area contributed by atoms with Gasteiger partial charge in [0, 0.05) is 19.5 Å². The van der Waals surface area contributed by atoms with Crippen LogP contribution in [0.1, 0.15) is 58.8 Å². The molecule has 1 amide bonds. The molecule has 1 aliphatic carbocycles. The van der Waals surface area contributed by atoms with Crippen molar-refractivity contribution in [3.05, 3.63) is 0 Å². The molecule has 1 aliphatic rings. The number of rotatable bonds is 8. The zero-order valence-corrected chi connectivity index (χ0v) is 12.7. The van der Waals surface area contributed by atoms with Crippen molar-refractivity contribution in [2.75, 3.05) is 13.1 Å². The minimum Gasteiger partial charge on any atom is -0.481 e. The molecule has 5 heteroatoms. The van der Waals surface area contributed by atoms with Crippen molar-refractivity contribution in [1.29, 1.82) is 0 Å². The fourth-order valence-corrected chi connectivity index (χ4v) is 2.85. The van der Waals surface area contributed by atoms with Gasteiger partial charge in [0.05, 0.1) is 5.41 Å². The molecule has 0 heterocycles. The Kier molecular flexibility index (Phi) is 5.99. The number of carboxylic acid groups (broad SMARTS) is 1. The molecule has 1 saturated carbocycles. The predicted molar refractivity (Wildman–Crippen MR) is 78.2 cm³/mol. The van der Waals surface area contributed by atoms with Crippen molar-refractivity contribution in [2.24, 2.45) is 16.6 Å². The van der Waals surface area contributed by atoms with E-state index in [0.717, 1.165) is 32.1 Å². The first-order chi connectivity index (χ1) is 9.31. The third-order valence-corrected chi connectivity index (χ3v) is 4.54. The second kappa shape index (κ2) is 7.07. The molecule has 0 unspecified atom stereocenters. The van der Waals surface area contributed by atoms with Gasteiger partial charge < -0.3 is 16.2 Å². The first-order valence-corrected chi connectivity index (χ1v) is 7.51. The second-order valence-electron chi connectivity index (χ2n) is 6.76. The van der Waals surface area contributed by atoms with Gasteiger partial charge in [0.15, 0.2) is 0 Å². The molecule has 0 aromatic carbocycles. The minimum atomic E-state index is -0.768. The largest absolute Gasteiger partial charge is 0.481 e. The molecule has 5 nitrogen and oxygen atoms in total. The van der Waals surface area contributed by atoms with Gasteiger partial charge in [-0.05, 0) is 31.1 Å². The summed E-state index contributed by atoms with van der Waals surface area (Å²) in [5.41, 5.74) is 5.35. The lowest BCUT2D eigenvalue weighted by molar-refractivity contribution is -0.137. The Morgan fingerprint density at radius 1 is 1.25 bits per heavy atom. The molecule has 116 valence electrons. The average molecular weight is 284 g/mol. The van der Waals surface area contributed by atoms with Crippen LogP contribution in [-0.4, -0.2) is 30.1 Å². The lowest BCUT2D eigenvalue weighted by Crippen LogP contribution is -2.45. The van der Waals surface area contributed by atoms with Gasteiger partial charge >= 0.3 is 5.97 Å². The molecule has 0 spiro atoms. The van der Waals surface area contributed by atoms with Crippen molar-refractivity contribution < 1.29 is 14.7 Å². The van der Waals surface area contributed by atoms with E-state index in [2.05, 4.69) is 5.32 Å². The van der Waals surface area contributed by atoms with Crippen LogP contribution in [0.3, 0.4) is 0 Å². The van der Waals surface area contributed by atoms with E-state index < -0.39 is 5.97 Å². The fourth-order valence-electron chi connectivity index (χ4n) is 2.85. The van der Waals surface area contributed by atoms with Crippen molar-refractivity contribution in [2.45, 2.75) is 58.8 Å². The van der Waals surface area contributed by atoms with Crippen molar-refractivity contribution in [3.63, 3.8) is 0 Å². The molecule has 0 aliphatic heterocycles. The molecule has 0 atom stereocenters. The number of aliphatic carboxylic acids is 1. The summed E-state index contributed by atoms with van der Waals surface area (Å²) in [7, 11) is 0. The van der Waals surface area contributed by atoms with Gasteiger partial charge in [-0.1, -0.05) is 26.7 Å². The highest BCUT2D eigenvalue weighted by molar-refractivity contribution is 5.83. The van der Waals surface area contributed by atoms with E-state index >= 15 is 0 Å². The van der Waals surface area contributed by atoms with E-state index in [-0.39, 0.29) is 23.2 Å². The molecule has 0 aromatic rings. The van der Waals surface area contributed by atoms with Crippen molar-refractivity contribution in [3.8, 4) is 0 Å². The zero-order valence-electron chi connectivity index (χ0n) is 12.7. The number of nitrogens with one attached hydrogen (secondary N) is 1. The highest BCUT2D eigenvalue weighted by Gasteiger charge is 2.39. The van der Waals surface area contributed by atoms with Crippen LogP contribution in [0.5, 0.6) is 0 Å². The zero-order chi connectivity index (χ0) is 15.2. The molecule has 0 saturated heterocycles. The highest BCUT2D eigenvalue weighted by atomic mass is 16.4. The Hall–Kier alpha value is -1.10. The summed E-state index contributed by atoms with van der Waals surface area (Å²) in [6.07, 6.45) is 5.51. The standard InChI is InChI=1S/C15H28N2O3/c1-14(2,8-5-12(18)19)9-10-17-13(20)15(11-16)6-3-4-7-15/h3-11,16H2,1-2H3,(H,17,20)(H,18,19). The van der Waals surface area contributed by atoms with Crippen molar-refractivity contribution >= 4 is 11.9 Å². The van der Waals surface area contributed by atoms with Gasteiger partial charge in [-0.15, -0.1) is 0 Å². The molecule has 4 N–H and O–H groups in total. The number of nitrogens with two attached hydrogens (primary N) is 1. The summed E-state index contributed by atoms with van der Waals surface area (Å²) in [5.74, 6) is -0.693. The molecule has 1 rings (SSSR count). The maximum atomic E-state index is 12.3. The minimum absolute atomic E-state index is 0.0722. The second-order valence-corrected chi connectivity index (χ2v) is 6.76. The van der Waals surface area contributed by atoms with E-state index in [1.807, 2.05) is 13.8 Å². The Bertz CT molecular complexity index is 347. The maximum absolute atomic E-state index is 12.3. The fraction of sp³-hybridized carbons (Fsp3) is 0.867. The van der Waals surface area contributed by atoms with Crippen LogP contribution >= 0.6 is 0 Å². The SMILES string of the molecule is CC(C)(CCNC(=O)C1(CN)CCCC1)CCC(=O)O. The first-order valence-electron chi connectivity index (χ1n) is 7.51. The van der Waals surface area contributed by atoms with Crippen LogP contribution in [-0.2, 0) is 9.59 Å². The van der Waals surface area contributed by atoms with E-state index in [0.29, 0.717) is 19.5 Å². The summed E-state index contributed by atoms with van der Waals surface area (Å²) in [4.78, 5) is 22.9. The van der Waals surface area contributed by atoms with Gasteiger partial charge in [-0.2, -0.15) is 0 Å². The highest BCUT2D eigenvalue weighted by Crippen LogP contribution is 2.37. The monoisotopic (exact) mass is 284 g/mol. The normalized spacial score (nSPS) is 17.9. The third kappa shape index (κ3) is 4.78. The Morgan fingerprint density at radius 2 is 1.85 bits per heavy atom. The number of hydrogen-bond acceptors (Lipinski definition) is 3. The summed E-state index contributed by atoms with van der Waals surface area (Å²) in [6.45, 7) is 5.08. The number of carboxylic acids is 1. The van der Waals surface area contributed by atoms with Crippen molar-refractivity contribution in [1.82, 2.24) is 5.32 Å². The molecular formula is C15H28N2O3. The van der Waals surface area contributed by atoms with Gasteiger partial charge in [0.2, 0.25) is 5.91 Å². The first kappa shape index (κ1) is 17.0. The number of amides is 1.